The standard InChI is InChI=1S/C14H15F2NO/c1-4-10(3)17-8-9(2)14(18)11-6-5-7-12(15)13(11)16/h4-8,10,17H,1H2,2-3H3/b9-8+. The summed E-state index contributed by atoms with van der Waals surface area (Å²) in [6.07, 6.45) is 3.13. The number of hydrogen-bond acceptors (Lipinski definition) is 2. The lowest BCUT2D eigenvalue weighted by molar-refractivity contribution is 0.102. The molecule has 0 amide bonds. The Kier molecular flexibility index (Phi) is 4.77. The number of Topliss-reactive ketones (excluding diaryl/α,β-unsaturated/α-hetero) is 1. The van der Waals surface area contributed by atoms with Crippen LogP contribution in [0.1, 0.15) is 24.2 Å². The molecular formula is C14H15F2NO. The maximum atomic E-state index is 13.4. The molecule has 0 spiro atoms. The fourth-order valence-corrected chi connectivity index (χ4v) is 1.28. The van der Waals surface area contributed by atoms with E-state index >= 15 is 0 Å². The molecular weight excluding hydrogens is 236 g/mol. The fraction of sp³-hybridized carbons (Fsp3) is 0.214. The van der Waals surface area contributed by atoms with Gasteiger partial charge in [0.1, 0.15) is 0 Å². The van der Waals surface area contributed by atoms with Crippen molar-refractivity contribution in [3.63, 3.8) is 0 Å². The van der Waals surface area contributed by atoms with E-state index in [4.69, 9.17) is 0 Å². The van der Waals surface area contributed by atoms with Crippen molar-refractivity contribution in [3.05, 3.63) is 59.8 Å². The van der Waals surface area contributed by atoms with Crippen LogP contribution in [0, 0.1) is 11.6 Å². The third-order valence-electron chi connectivity index (χ3n) is 2.47. The number of allylic oxidation sites excluding steroid dienone is 1. The van der Waals surface area contributed by atoms with Gasteiger partial charge in [-0.1, -0.05) is 12.1 Å². The molecule has 2 nitrogen and oxygen atoms in total. The van der Waals surface area contributed by atoms with Gasteiger partial charge in [-0.3, -0.25) is 4.79 Å². The summed E-state index contributed by atoms with van der Waals surface area (Å²) >= 11 is 0. The number of carbonyl (C=O) groups is 1. The first-order valence-electron chi connectivity index (χ1n) is 5.51. The molecule has 1 rings (SSSR count). The van der Waals surface area contributed by atoms with Gasteiger partial charge < -0.3 is 5.32 Å². The van der Waals surface area contributed by atoms with E-state index in [-0.39, 0.29) is 11.6 Å². The van der Waals surface area contributed by atoms with E-state index in [0.717, 1.165) is 6.07 Å². The van der Waals surface area contributed by atoms with Crippen LogP contribution < -0.4 is 5.32 Å². The Morgan fingerprint density at radius 1 is 1.44 bits per heavy atom. The summed E-state index contributed by atoms with van der Waals surface area (Å²) in [6.45, 7) is 6.97. The van der Waals surface area contributed by atoms with Gasteiger partial charge in [-0.05, 0) is 26.0 Å². The van der Waals surface area contributed by atoms with Crippen LogP contribution in [0.4, 0.5) is 8.78 Å². The Morgan fingerprint density at radius 2 is 2.11 bits per heavy atom. The van der Waals surface area contributed by atoms with Gasteiger partial charge >= 0.3 is 0 Å². The predicted octanol–water partition coefficient (Wildman–Crippen LogP) is 3.22. The highest BCUT2D eigenvalue weighted by Gasteiger charge is 2.16. The normalized spacial score (nSPS) is 13.0. The second kappa shape index (κ2) is 6.10. The fourth-order valence-electron chi connectivity index (χ4n) is 1.28. The quantitative estimate of drug-likeness (QED) is 0.494. The highest BCUT2D eigenvalue weighted by molar-refractivity contribution is 6.08. The lowest BCUT2D eigenvalue weighted by atomic mass is 10.0. The maximum absolute atomic E-state index is 13.4. The molecule has 0 fully saturated rings. The molecule has 1 N–H and O–H groups in total. The first-order valence-corrected chi connectivity index (χ1v) is 5.51. The van der Waals surface area contributed by atoms with Gasteiger partial charge in [0.2, 0.25) is 0 Å². The number of nitrogens with one attached hydrogen (secondary N) is 1. The van der Waals surface area contributed by atoms with Gasteiger partial charge in [0.15, 0.2) is 17.4 Å². The molecule has 0 aliphatic carbocycles. The van der Waals surface area contributed by atoms with E-state index in [1.54, 1.807) is 6.08 Å². The number of ketones is 1. The summed E-state index contributed by atoms with van der Waals surface area (Å²) < 4.78 is 26.4. The largest absolute Gasteiger partial charge is 0.385 e. The first kappa shape index (κ1) is 14.1. The Bertz CT molecular complexity index is 495. The summed E-state index contributed by atoms with van der Waals surface area (Å²) in [7, 11) is 0. The monoisotopic (exact) mass is 251 g/mol. The molecule has 4 heteroatoms. The van der Waals surface area contributed by atoms with E-state index in [1.807, 2.05) is 6.92 Å². The molecule has 0 radical (unpaired) electrons. The third-order valence-corrected chi connectivity index (χ3v) is 2.47. The van der Waals surface area contributed by atoms with Crippen LogP contribution in [-0.4, -0.2) is 11.8 Å². The maximum Gasteiger partial charge on any atom is 0.193 e. The van der Waals surface area contributed by atoms with Crippen molar-refractivity contribution in [2.45, 2.75) is 19.9 Å². The Balaban J connectivity index is 2.93. The molecule has 1 aromatic rings. The number of hydrogen-bond donors (Lipinski definition) is 1. The van der Waals surface area contributed by atoms with E-state index in [2.05, 4.69) is 11.9 Å². The van der Waals surface area contributed by atoms with Crippen molar-refractivity contribution in [2.75, 3.05) is 0 Å². The Morgan fingerprint density at radius 3 is 2.72 bits per heavy atom. The molecule has 0 bridgehead atoms. The first-order chi connectivity index (χ1) is 8.47. The summed E-state index contributed by atoms with van der Waals surface area (Å²) in [5, 5.41) is 2.90. The van der Waals surface area contributed by atoms with Crippen LogP contribution in [0.5, 0.6) is 0 Å². The van der Waals surface area contributed by atoms with Crippen LogP contribution in [0.25, 0.3) is 0 Å². The molecule has 1 atom stereocenters. The van der Waals surface area contributed by atoms with Crippen molar-refractivity contribution in [1.29, 1.82) is 0 Å². The summed E-state index contributed by atoms with van der Waals surface area (Å²) in [4.78, 5) is 11.9. The highest BCUT2D eigenvalue weighted by atomic mass is 19.2. The molecule has 0 heterocycles. The number of benzene rings is 1. The number of carbonyl (C=O) groups excluding carboxylic acids is 1. The molecule has 0 aromatic heterocycles. The molecule has 1 aromatic carbocycles. The van der Waals surface area contributed by atoms with Gasteiger partial charge in [0.25, 0.3) is 0 Å². The van der Waals surface area contributed by atoms with Gasteiger partial charge in [-0.25, -0.2) is 8.78 Å². The minimum absolute atomic E-state index is 0.00916. The van der Waals surface area contributed by atoms with Crippen molar-refractivity contribution in [2.24, 2.45) is 0 Å². The zero-order valence-corrected chi connectivity index (χ0v) is 10.3. The summed E-state index contributed by atoms with van der Waals surface area (Å²) in [6, 6.07) is 3.53. The molecule has 0 aliphatic rings. The zero-order valence-electron chi connectivity index (χ0n) is 10.3. The molecule has 0 aliphatic heterocycles. The van der Waals surface area contributed by atoms with Gasteiger partial charge in [0, 0.05) is 17.8 Å². The second-order valence-electron chi connectivity index (χ2n) is 3.95. The SMILES string of the molecule is C=CC(C)N/C=C(\C)C(=O)c1cccc(F)c1F. The van der Waals surface area contributed by atoms with Crippen LogP contribution in [0.3, 0.4) is 0 Å². The van der Waals surface area contributed by atoms with Crippen LogP contribution in [-0.2, 0) is 0 Å². The van der Waals surface area contributed by atoms with Crippen LogP contribution >= 0.6 is 0 Å². The molecule has 18 heavy (non-hydrogen) atoms. The van der Waals surface area contributed by atoms with E-state index < -0.39 is 17.4 Å². The summed E-state index contributed by atoms with van der Waals surface area (Å²) in [5.41, 5.74) is 0.0324. The Hall–Kier alpha value is -1.97. The topological polar surface area (TPSA) is 29.1 Å². The minimum Gasteiger partial charge on any atom is -0.385 e. The predicted molar refractivity (Wildman–Crippen MR) is 67.2 cm³/mol. The molecule has 0 saturated heterocycles. The summed E-state index contributed by atoms with van der Waals surface area (Å²) in [5.74, 6) is -2.69. The molecule has 1 unspecified atom stereocenters. The van der Waals surface area contributed by atoms with Crippen LogP contribution in [0.2, 0.25) is 0 Å². The van der Waals surface area contributed by atoms with Gasteiger partial charge in [0.05, 0.1) is 5.56 Å². The van der Waals surface area contributed by atoms with E-state index in [9.17, 15) is 13.6 Å². The highest BCUT2D eigenvalue weighted by Crippen LogP contribution is 2.15. The van der Waals surface area contributed by atoms with Gasteiger partial charge in [-0.15, -0.1) is 6.58 Å². The number of rotatable bonds is 5. The van der Waals surface area contributed by atoms with Crippen molar-refractivity contribution < 1.29 is 13.6 Å². The molecule has 0 saturated carbocycles. The number of halogens is 2. The van der Waals surface area contributed by atoms with Crippen LogP contribution in [0.15, 0.2) is 42.6 Å². The van der Waals surface area contributed by atoms with Crippen molar-refractivity contribution >= 4 is 5.78 Å². The van der Waals surface area contributed by atoms with E-state index in [1.165, 1.54) is 25.3 Å². The van der Waals surface area contributed by atoms with Gasteiger partial charge in [-0.2, -0.15) is 0 Å². The van der Waals surface area contributed by atoms with Crippen molar-refractivity contribution in [3.8, 4) is 0 Å². The average molecular weight is 251 g/mol. The minimum atomic E-state index is -1.12. The molecule has 96 valence electrons. The smallest absolute Gasteiger partial charge is 0.193 e. The van der Waals surface area contributed by atoms with E-state index in [0.29, 0.717) is 5.57 Å². The lowest BCUT2D eigenvalue weighted by Gasteiger charge is -2.08. The third kappa shape index (κ3) is 3.26. The lowest BCUT2D eigenvalue weighted by Crippen LogP contribution is -2.19. The Labute approximate surface area is 105 Å². The average Bonchev–Trinajstić information content (AvgIpc) is 2.37. The van der Waals surface area contributed by atoms with Crippen molar-refractivity contribution in [1.82, 2.24) is 5.32 Å². The zero-order chi connectivity index (χ0) is 13.7. The second-order valence-corrected chi connectivity index (χ2v) is 3.95.